The van der Waals surface area contributed by atoms with Gasteiger partial charge in [-0.25, -0.2) is 0 Å². The van der Waals surface area contributed by atoms with Crippen LogP contribution < -0.4 is 20.5 Å². The number of amides is 2. The van der Waals surface area contributed by atoms with Crippen molar-refractivity contribution < 1.29 is 19.1 Å². The van der Waals surface area contributed by atoms with Crippen LogP contribution in [0.25, 0.3) is 0 Å². The topological polar surface area (TPSA) is 97.1 Å². The van der Waals surface area contributed by atoms with Crippen LogP contribution >= 0.6 is 11.6 Å². The van der Waals surface area contributed by atoms with E-state index in [-0.39, 0.29) is 23.3 Å². The van der Waals surface area contributed by atoms with Crippen LogP contribution in [0.2, 0.25) is 5.02 Å². The lowest BCUT2D eigenvalue weighted by Gasteiger charge is -2.32. The maximum atomic E-state index is 12.9. The van der Waals surface area contributed by atoms with Crippen LogP contribution in [0.3, 0.4) is 0 Å². The zero-order chi connectivity index (χ0) is 19.4. The van der Waals surface area contributed by atoms with Crippen molar-refractivity contribution in [3.05, 3.63) is 22.7 Å². The van der Waals surface area contributed by atoms with Crippen LogP contribution in [-0.4, -0.2) is 80.6 Å². The van der Waals surface area contributed by atoms with Gasteiger partial charge in [0.15, 0.2) is 18.1 Å². The fraction of sp³-hybridized carbons (Fsp3) is 0.556. The summed E-state index contributed by atoms with van der Waals surface area (Å²) in [5, 5.41) is 3.55. The van der Waals surface area contributed by atoms with Gasteiger partial charge in [-0.05, 0) is 18.6 Å². The molecule has 0 saturated carbocycles. The minimum absolute atomic E-state index is 0.0886. The van der Waals surface area contributed by atoms with E-state index in [2.05, 4.69) is 10.2 Å². The number of nitrogens with zero attached hydrogens (tertiary/aromatic N) is 2. The molecular formula is C18H25ClN4O4. The van der Waals surface area contributed by atoms with Gasteiger partial charge in [-0.1, -0.05) is 11.6 Å². The van der Waals surface area contributed by atoms with E-state index in [0.717, 1.165) is 32.6 Å². The highest BCUT2D eigenvalue weighted by atomic mass is 35.5. The molecule has 148 valence electrons. The van der Waals surface area contributed by atoms with Crippen LogP contribution in [0.1, 0.15) is 16.8 Å². The fourth-order valence-electron chi connectivity index (χ4n) is 3.58. The molecule has 2 amide bonds. The summed E-state index contributed by atoms with van der Waals surface area (Å²) in [5.41, 5.74) is 5.54. The Bertz CT molecular complexity index is 709. The number of carbonyl (C=O) groups is 2. The van der Waals surface area contributed by atoms with Crippen LogP contribution in [0, 0.1) is 0 Å². The standard InChI is InChI=1S/C18H25ClN4O4/c1-26-15-9-12(8-14(19)17(15)27-11-16(20)24)18(25)23-5-2-13(10-23)22-6-3-21-4-7-22/h8-9,13,21H,2-7,10-11H2,1H3,(H2,20,24). The molecule has 27 heavy (non-hydrogen) atoms. The molecule has 0 spiro atoms. The van der Waals surface area contributed by atoms with E-state index in [1.54, 1.807) is 12.1 Å². The molecule has 0 bridgehead atoms. The van der Waals surface area contributed by atoms with Gasteiger partial charge >= 0.3 is 0 Å². The molecule has 1 unspecified atom stereocenters. The Hall–Kier alpha value is -2.03. The zero-order valence-electron chi connectivity index (χ0n) is 15.4. The third-order valence-corrected chi connectivity index (χ3v) is 5.23. The average Bonchev–Trinajstić information content (AvgIpc) is 3.16. The first-order valence-electron chi connectivity index (χ1n) is 9.02. The largest absolute Gasteiger partial charge is 0.493 e. The van der Waals surface area contributed by atoms with Crippen LogP contribution in [0.15, 0.2) is 12.1 Å². The van der Waals surface area contributed by atoms with Crippen molar-refractivity contribution >= 4 is 23.4 Å². The van der Waals surface area contributed by atoms with Crippen molar-refractivity contribution in [1.82, 2.24) is 15.1 Å². The lowest BCUT2D eigenvalue weighted by Crippen LogP contribution is -2.49. The Morgan fingerprint density at radius 1 is 1.30 bits per heavy atom. The Morgan fingerprint density at radius 3 is 2.70 bits per heavy atom. The SMILES string of the molecule is COc1cc(C(=O)N2CCC(N3CCNCC3)C2)cc(Cl)c1OCC(N)=O. The molecule has 1 aromatic carbocycles. The number of piperazine rings is 1. The van der Waals surface area contributed by atoms with E-state index < -0.39 is 5.91 Å². The van der Waals surface area contributed by atoms with Gasteiger partial charge in [-0.15, -0.1) is 0 Å². The van der Waals surface area contributed by atoms with Crippen molar-refractivity contribution in [2.75, 3.05) is 53.0 Å². The molecule has 2 aliphatic heterocycles. The van der Waals surface area contributed by atoms with Crippen LogP contribution in [-0.2, 0) is 4.79 Å². The number of hydrogen-bond acceptors (Lipinski definition) is 6. The Morgan fingerprint density at radius 2 is 2.04 bits per heavy atom. The molecule has 2 saturated heterocycles. The number of hydrogen-bond donors (Lipinski definition) is 2. The first-order chi connectivity index (χ1) is 13.0. The smallest absolute Gasteiger partial charge is 0.255 e. The quantitative estimate of drug-likeness (QED) is 0.719. The number of methoxy groups -OCH3 is 1. The number of likely N-dealkylation sites (tertiary alicyclic amines) is 1. The Balaban J connectivity index is 1.71. The third kappa shape index (κ3) is 4.63. The molecule has 3 N–H and O–H groups in total. The molecule has 0 aromatic heterocycles. The van der Waals surface area contributed by atoms with Crippen molar-refractivity contribution in [3.8, 4) is 11.5 Å². The summed E-state index contributed by atoms with van der Waals surface area (Å²) in [6, 6.07) is 3.52. The third-order valence-electron chi connectivity index (χ3n) is 4.95. The summed E-state index contributed by atoms with van der Waals surface area (Å²) in [5.74, 6) is -0.210. The minimum Gasteiger partial charge on any atom is -0.493 e. The Kier molecular flexibility index (Phi) is 6.41. The molecule has 2 heterocycles. The summed E-state index contributed by atoms with van der Waals surface area (Å²) in [6.45, 7) is 5.11. The molecule has 0 radical (unpaired) electrons. The molecule has 8 nitrogen and oxygen atoms in total. The molecule has 1 atom stereocenters. The van der Waals surface area contributed by atoms with Crippen molar-refractivity contribution in [2.24, 2.45) is 5.73 Å². The van der Waals surface area contributed by atoms with E-state index in [9.17, 15) is 9.59 Å². The first kappa shape index (κ1) is 19.7. The molecule has 2 aliphatic rings. The maximum Gasteiger partial charge on any atom is 0.255 e. The zero-order valence-corrected chi connectivity index (χ0v) is 16.1. The predicted octanol–water partition coefficient (Wildman–Crippen LogP) is 0.332. The number of benzene rings is 1. The highest BCUT2D eigenvalue weighted by Gasteiger charge is 2.32. The van der Waals surface area contributed by atoms with Gasteiger partial charge in [0.1, 0.15) is 0 Å². The van der Waals surface area contributed by atoms with Crippen molar-refractivity contribution in [3.63, 3.8) is 0 Å². The number of carbonyl (C=O) groups excluding carboxylic acids is 2. The summed E-state index contributed by atoms with van der Waals surface area (Å²) in [4.78, 5) is 28.2. The highest BCUT2D eigenvalue weighted by Crippen LogP contribution is 2.37. The highest BCUT2D eigenvalue weighted by molar-refractivity contribution is 6.32. The van der Waals surface area contributed by atoms with Gasteiger partial charge in [0.05, 0.1) is 12.1 Å². The van der Waals surface area contributed by atoms with Crippen molar-refractivity contribution in [2.45, 2.75) is 12.5 Å². The second kappa shape index (κ2) is 8.77. The minimum atomic E-state index is -0.621. The summed E-state index contributed by atoms with van der Waals surface area (Å²) in [6.07, 6.45) is 0.969. The van der Waals surface area contributed by atoms with E-state index in [4.69, 9.17) is 26.8 Å². The second-order valence-electron chi connectivity index (χ2n) is 6.72. The number of nitrogens with two attached hydrogens (primary N) is 1. The van der Waals surface area contributed by atoms with E-state index in [1.165, 1.54) is 7.11 Å². The van der Waals surface area contributed by atoms with Crippen LogP contribution in [0.4, 0.5) is 0 Å². The fourth-order valence-corrected chi connectivity index (χ4v) is 3.85. The monoisotopic (exact) mass is 396 g/mol. The molecule has 3 rings (SSSR count). The number of halogens is 1. The van der Waals surface area contributed by atoms with Gasteiger partial charge in [-0.2, -0.15) is 0 Å². The molecule has 9 heteroatoms. The lowest BCUT2D eigenvalue weighted by atomic mass is 10.1. The summed E-state index contributed by atoms with van der Waals surface area (Å²) < 4.78 is 10.6. The normalized spacial score (nSPS) is 20.5. The molecule has 2 fully saturated rings. The van der Waals surface area contributed by atoms with Gasteiger partial charge in [-0.3, -0.25) is 14.5 Å². The van der Waals surface area contributed by atoms with E-state index in [0.29, 0.717) is 30.4 Å². The van der Waals surface area contributed by atoms with Gasteiger partial charge < -0.3 is 25.4 Å². The molecule has 1 aromatic rings. The number of nitrogens with one attached hydrogen (secondary N) is 1. The molecular weight excluding hydrogens is 372 g/mol. The Labute approximate surface area is 163 Å². The van der Waals surface area contributed by atoms with Gasteiger partial charge in [0.25, 0.3) is 11.8 Å². The van der Waals surface area contributed by atoms with Gasteiger partial charge in [0, 0.05) is 50.9 Å². The second-order valence-corrected chi connectivity index (χ2v) is 7.13. The summed E-state index contributed by atoms with van der Waals surface area (Å²) in [7, 11) is 1.45. The first-order valence-corrected chi connectivity index (χ1v) is 9.40. The number of rotatable bonds is 6. The predicted molar refractivity (Wildman–Crippen MR) is 101 cm³/mol. The lowest BCUT2D eigenvalue weighted by molar-refractivity contribution is -0.119. The number of primary amides is 1. The van der Waals surface area contributed by atoms with Crippen LogP contribution in [0.5, 0.6) is 11.5 Å². The summed E-state index contributed by atoms with van der Waals surface area (Å²) >= 11 is 6.25. The van der Waals surface area contributed by atoms with Crippen molar-refractivity contribution in [1.29, 1.82) is 0 Å². The average molecular weight is 397 g/mol. The number of ether oxygens (including phenoxy) is 2. The van der Waals surface area contributed by atoms with Gasteiger partial charge in [0.2, 0.25) is 0 Å². The maximum absolute atomic E-state index is 12.9. The molecule has 0 aliphatic carbocycles. The van der Waals surface area contributed by atoms with E-state index >= 15 is 0 Å². The van der Waals surface area contributed by atoms with E-state index in [1.807, 2.05) is 4.90 Å².